The van der Waals surface area contributed by atoms with Crippen LogP contribution in [0.1, 0.15) is 18.9 Å². The first-order valence-corrected chi connectivity index (χ1v) is 6.31. The van der Waals surface area contributed by atoms with Gasteiger partial charge in [-0.05, 0) is 47.9 Å². The van der Waals surface area contributed by atoms with Gasteiger partial charge in [-0.3, -0.25) is 4.68 Å². The topological polar surface area (TPSA) is 21.1 Å². The van der Waals surface area contributed by atoms with Crippen molar-refractivity contribution in [1.29, 1.82) is 0 Å². The lowest BCUT2D eigenvalue weighted by molar-refractivity contribution is 0.194. The molecule has 0 radical (unpaired) electrons. The van der Waals surface area contributed by atoms with E-state index in [1.165, 1.54) is 36.0 Å². The van der Waals surface area contributed by atoms with Crippen LogP contribution in [-0.4, -0.2) is 34.3 Å². The Bertz CT molecular complexity index is 324. The molecule has 2 bridgehead atoms. The van der Waals surface area contributed by atoms with E-state index in [9.17, 15) is 0 Å². The molecule has 0 saturated carbocycles. The number of rotatable bonds is 1. The van der Waals surface area contributed by atoms with Crippen molar-refractivity contribution in [3.8, 4) is 0 Å². The first-order valence-electron chi connectivity index (χ1n) is 5.23. The van der Waals surface area contributed by atoms with Gasteiger partial charge in [-0.2, -0.15) is 5.10 Å². The lowest BCUT2D eigenvalue weighted by atomic mass is 9.97. The van der Waals surface area contributed by atoms with Gasteiger partial charge in [0.05, 0.1) is 15.8 Å². The normalized spacial score (nSPS) is 36.2. The predicted octanol–water partition coefficient (Wildman–Crippen LogP) is 1.75. The number of piperidine rings is 1. The molecule has 3 nitrogen and oxygen atoms in total. The monoisotopic (exact) mass is 303 g/mol. The molecule has 2 aliphatic rings. The molecular weight excluding hydrogens is 289 g/mol. The van der Waals surface area contributed by atoms with Gasteiger partial charge >= 0.3 is 0 Å². The zero-order valence-corrected chi connectivity index (χ0v) is 10.2. The number of aromatic nitrogens is 2. The number of nitrogens with zero attached hydrogens (tertiary/aromatic N) is 3. The molecule has 2 aliphatic heterocycles. The molecule has 3 rings (SSSR count). The Hall–Kier alpha value is -0.100. The van der Waals surface area contributed by atoms with Crippen LogP contribution in [0.4, 0.5) is 0 Å². The fraction of sp³-hybridized carbons (Fsp3) is 0.700. The summed E-state index contributed by atoms with van der Waals surface area (Å²) in [7, 11) is 0. The Morgan fingerprint density at radius 1 is 1.43 bits per heavy atom. The average Bonchev–Trinajstić information content (AvgIpc) is 2.73. The van der Waals surface area contributed by atoms with Gasteiger partial charge in [0.1, 0.15) is 0 Å². The number of hydrogen-bond donors (Lipinski definition) is 0. The van der Waals surface area contributed by atoms with E-state index in [1.54, 1.807) is 0 Å². The molecule has 14 heavy (non-hydrogen) atoms. The second-order valence-corrected chi connectivity index (χ2v) is 5.69. The lowest BCUT2D eigenvalue weighted by Crippen LogP contribution is -2.34. The van der Waals surface area contributed by atoms with E-state index in [0.29, 0.717) is 6.04 Å². The molecule has 3 atom stereocenters. The van der Waals surface area contributed by atoms with Crippen molar-refractivity contribution in [3.05, 3.63) is 16.0 Å². The summed E-state index contributed by atoms with van der Waals surface area (Å²) in [5, 5.41) is 4.42. The minimum atomic E-state index is 0.625. The van der Waals surface area contributed by atoms with Crippen LogP contribution < -0.4 is 0 Å². The number of halogens is 1. The summed E-state index contributed by atoms with van der Waals surface area (Å²) in [6.07, 6.45) is 6.84. The molecule has 0 spiro atoms. The van der Waals surface area contributed by atoms with Crippen molar-refractivity contribution in [1.82, 2.24) is 14.7 Å². The van der Waals surface area contributed by atoms with Crippen LogP contribution in [0.15, 0.2) is 12.4 Å². The third-order valence-electron chi connectivity index (χ3n) is 3.39. The van der Waals surface area contributed by atoms with Gasteiger partial charge in [-0.1, -0.05) is 0 Å². The van der Waals surface area contributed by atoms with Crippen LogP contribution in [0.5, 0.6) is 0 Å². The second kappa shape index (κ2) is 3.48. The Morgan fingerprint density at radius 3 is 3.07 bits per heavy atom. The molecule has 0 amide bonds. The molecule has 3 heterocycles. The maximum atomic E-state index is 4.42. The molecule has 2 saturated heterocycles. The molecule has 1 unspecified atom stereocenters. The highest BCUT2D eigenvalue weighted by molar-refractivity contribution is 14.1. The zero-order valence-electron chi connectivity index (χ0n) is 8.06. The Labute approximate surface area is 97.6 Å². The molecule has 4 heteroatoms. The van der Waals surface area contributed by atoms with Crippen molar-refractivity contribution >= 4 is 22.6 Å². The van der Waals surface area contributed by atoms with Crippen molar-refractivity contribution in [3.63, 3.8) is 0 Å². The maximum Gasteiger partial charge on any atom is 0.0649 e. The van der Waals surface area contributed by atoms with Gasteiger partial charge in [0.15, 0.2) is 0 Å². The lowest BCUT2D eigenvalue weighted by Gasteiger charge is -2.29. The highest BCUT2D eigenvalue weighted by Gasteiger charge is 2.33. The molecule has 76 valence electrons. The molecule has 1 aromatic rings. The molecule has 2 fully saturated rings. The molecule has 0 aliphatic carbocycles. The molecule has 0 aromatic carbocycles. The van der Waals surface area contributed by atoms with E-state index < -0.39 is 0 Å². The van der Waals surface area contributed by atoms with Crippen LogP contribution in [0.2, 0.25) is 0 Å². The smallest absolute Gasteiger partial charge is 0.0649 e. The van der Waals surface area contributed by atoms with Gasteiger partial charge in [0.2, 0.25) is 0 Å². The highest BCUT2D eigenvalue weighted by atomic mass is 127. The van der Waals surface area contributed by atoms with E-state index >= 15 is 0 Å². The molecule has 1 aromatic heterocycles. The summed E-state index contributed by atoms with van der Waals surface area (Å²) in [6, 6.07) is 0.625. The fourth-order valence-electron chi connectivity index (χ4n) is 2.73. The molecule has 0 N–H and O–H groups in total. The third-order valence-corrected chi connectivity index (χ3v) is 3.95. The van der Waals surface area contributed by atoms with Crippen LogP contribution in [0.3, 0.4) is 0 Å². The summed E-state index contributed by atoms with van der Waals surface area (Å²) in [4.78, 5) is 2.58. The quantitative estimate of drug-likeness (QED) is 0.737. The highest BCUT2D eigenvalue weighted by Crippen LogP contribution is 2.32. The Balaban J connectivity index is 1.80. The van der Waals surface area contributed by atoms with E-state index in [4.69, 9.17) is 0 Å². The van der Waals surface area contributed by atoms with Crippen molar-refractivity contribution in [2.45, 2.75) is 18.9 Å². The van der Waals surface area contributed by atoms with Crippen LogP contribution in [0, 0.1) is 9.49 Å². The summed E-state index contributed by atoms with van der Waals surface area (Å²) >= 11 is 2.33. The first kappa shape index (κ1) is 9.15. The first-order chi connectivity index (χ1) is 6.81. The van der Waals surface area contributed by atoms with E-state index in [-0.39, 0.29) is 0 Å². The maximum absolute atomic E-state index is 4.42. The minimum absolute atomic E-state index is 0.625. The summed E-state index contributed by atoms with van der Waals surface area (Å²) in [5.74, 6) is 0.926. The Kier molecular flexibility index (Phi) is 2.28. The van der Waals surface area contributed by atoms with Gasteiger partial charge in [-0.25, -0.2) is 0 Å². The third kappa shape index (κ3) is 1.58. The second-order valence-electron chi connectivity index (χ2n) is 4.44. The fourth-order valence-corrected chi connectivity index (χ4v) is 3.14. The van der Waals surface area contributed by atoms with Crippen LogP contribution >= 0.6 is 22.6 Å². The summed E-state index contributed by atoms with van der Waals surface area (Å²) in [6.45, 7) is 3.84. The predicted molar refractivity (Wildman–Crippen MR) is 63.1 cm³/mol. The van der Waals surface area contributed by atoms with Gasteiger partial charge < -0.3 is 4.90 Å². The van der Waals surface area contributed by atoms with E-state index in [1.807, 2.05) is 6.20 Å². The standard InChI is InChI=1S/C10H14IN3/c11-9-4-12-14(6-9)10-3-8-1-2-13(5-8)7-10/h4,6,8,10H,1-3,5,7H2/t8-,10-/m1/s1. The van der Waals surface area contributed by atoms with Gasteiger partial charge in [0, 0.05) is 19.3 Å². The van der Waals surface area contributed by atoms with Crippen molar-refractivity contribution in [2.75, 3.05) is 19.6 Å². The van der Waals surface area contributed by atoms with Crippen LogP contribution in [0.25, 0.3) is 0 Å². The van der Waals surface area contributed by atoms with Crippen molar-refractivity contribution in [2.24, 2.45) is 5.92 Å². The van der Waals surface area contributed by atoms with Gasteiger partial charge in [-0.15, -0.1) is 0 Å². The molecular formula is C10H14IN3. The SMILES string of the molecule is Ic1cnn([C@@H]2C[C@H]3CCN(C3)C2)c1. The minimum Gasteiger partial charge on any atom is -0.301 e. The largest absolute Gasteiger partial charge is 0.301 e. The zero-order chi connectivity index (χ0) is 9.54. The van der Waals surface area contributed by atoms with Crippen LogP contribution in [-0.2, 0) is 0 Å². The van der Waals surface area contributed by atoms with Gasteiger partial charge in [0.25, 0.3) is 0 Å². The van der Waals surface area contributed by atoms with Crippen molar-refractivity contribution < 1.29 is 0 Å². The van der Waals surface area contributed by atoms with E-state index in [0.717, 1.165) is 5.92 Å². The average molecular weight is 303 g/mol. The number of fused-ring (bicyclic) bond motifs is 2. The summed E-state index contributed by atoms with van der Waals surface area (Å²) in [5.41, 5.74) is 0. The number of hydrogen-bond acceptors (Lipinski definition) is 2. The summed E-state index contributed by atoms with van der Waals surface area (Å²) < 4.78 is 3.40. The van der Waals surface area contributed by atoms with E-state index in [2.05, 4.69) is 43.5 Å². The Morgan fingerprint density at radius 2 is 2.36 bits per heavy atom.